The number of ether oxygens (including phenoxy) is 1. The molecule has 0 amide bonds. The van der Waals surface area contributed by atoms with Crippen molar-refractivity contribution in [2.75, 3.05) is 0 Å². The topological polar surface area (TPSA) is 35.2 Å². The van der Waals surface area contributed by atoms with E-state index in [1.165, 1.54) is 0 Å². The molecule has 12 heavy (non-hydrogen) atoms. The average Bonchev–Trinajstić information content (AvgIpc) is 1.93. The van der Waals surface area contributed by atoms with Crippen molar-refractivity contribution < 1.29 is 13.5 Å². The van der Waals surface area contributed by atoms with Gasteiger partial charge in [0.25, 0.3) is 0 Å². The van der Waals surface area contributed by atoms with Gasteiger partial charge in [-0.25, -0.2) is 0 Å². The van der Waals surface area contributed by atoms with Crippen LogP contribution in [0.2, 0.25) is 0 Å². The highest BCUT2D eigenvalue weighted by Gasteiger charge is 2.21. The third-order valence-electron chi connectivity index (χ3n) is 2.01. The first-order valence-electron chi connectivity index (χ1n) is 3.87. The fourth-order valence-corrected chi connectivity index (χ4v) is 1.37. The highest BCUT2D eigenvalue weighted by molar-refractivity contribution is 5.85. The molecule has 74 valence electrons. The summed E-state index contributed by atoms with van der Waals surface area (Å²) in [7, 11) is 0. The zero-order valence-electron chi connectivity index (χ0n) is 6.71. The van der Waals surface area contributed by atoms with Gasteiger partial charge in [0.15, 0.2) is 0 Å². The lowest BCUT2D eigenvalue weighted by Gasteiger charge is -2.25. The smallest absolute Gasteiger partial charge is 0.328 e. The van der Waals surface area contributed by atoms with Gasteiger partial charge in [0.1, 0.15) is 0 Å². The van der Waals surface area contributed by atoms with Gasteiger partial charge in [-0.15, -0.1) is 12.4 Å². The van der Waals surface area contributed by atoms with Gasteiger partial charge in [-0.1, -0.05) is 0 Å². The summed E-state index contributed by atoms with van der Waals surface area (Å²) >= 11 is 0. The van der Waals surface area contributed by atoms with Crippen molar-refractivity contribution in [1.82, 2.24) is 0 Å². The summed E-state index contributed by atoms with van der Waals surface area (Å²) in [4.78, 5) is 0. The zero-order valence-corrected chi connectivity index (χ0v) is 7.53. The summed E-state index contributed by atoms with van der Waals surface area (Å²) in [5.41, 5.74) is 5.58. The third kappa shape index (κ3) is 4.18. The van der Waals surface area contributed by atoms with E-state index < -0.39 is 6.61 Å². The molecule has 0 aromatic rings. The molecule has 1 saturated carbocycles. The summed E-state index contributed by atoms with van der Waals surface area (Å²) in [6.45, 7) is -2.63. The molecule has 1 aliphatic rings. The molecular weight excluding hydrogens is 188 g/mol. The van der Waals surface area contributed by atoms with E-state index in [9.17, 15) is 8.78 Å². The molecule has 0 radical (unpaired) electrons. The first-order valence-corrected chi connectivity index (χ1v) is 3.87. The standard InChI is InChI=1S/C7H13F2NO.ClH/c8-7(9)11-6-3-1-5(10)2-4-6;/h5-7H,1-4,10H2;1H/t5-,6-;. The van der Waals surface area contributed by atoms with Gasteiger partial charge in [-0.05, 0) is 25.7 Å². The van der Waals surface area contributed by atoms with E-state index in [4.69, 9.17) is 5.73 Å². The van der Waals surface area contributed by atoms with E-state index in [0.717, 1.165) is 12.8 Å². The molecule has 0 heterocycles. The molecule has 5 heteroatoms. The molecule has 0 saturated heterocycles. The molecule has 0 unspecified atom stereocenters. The molecule has 1 fully saturated rings. The van der Waals surface area contributed by atoms with Crippen LogP contribution < -0.4 is 5.73 Å². The van der Waals surface area contributed by atoms with Gasteiger partial charge >= 0.3 is 6.61 Å². The average molecular weight is 202 g/mol. The Bertz CT molecular complexity index is 118. The summed E-state index contributed by atoms with van der Waals surface area (Å²) in [5.74, 6) is 0. The summed E-state index contributed by atoms with van der Waals surface area (Å²) < 4.78 is 27.7. The lowest BCUT2D eigenvalue weighted by atomic mass is 9.94. The summed E-state index contributed by atoms with van der Waals surface area (Å²) in [6.07, 6.45) is 2.68. The Kier molecular flexibility index (Phi) is 5.70. The quantitative estimate of drug-likeness (QED) is 0.741. The van der Waals surface area contributed by atoms with Gasteiger partial charge in [-0.2, -0.15) is 8.78 Å². The van der Waals surface area contributed by atoms with Crippen molar-refractivity contribution in [1.29, 1.82) is 0 Å². The van der Waals surface area contributed by atoms with E-state index in [1.807, 2.05) is 0 Å². The lowest BCUT2D eigenvalue weighted by molar-refractivity contribution is -0.169. The molecule has 0 aromatic heterocycles. The maximum Gasteiger partial charge on any atom is 0.345 e. The van der Waals surface area contributed by atoms with Gasteiger partial charge in [0.05, 0.1) is 6.10 Å². The monoisotopic (exact) mass is 201 g/mol. The van der Waals surface area contributed by atoms with Crippen LogP contribution in [0.1, 0.15) is 25.7 Å². The second-order valence-corrected chi connectivity index (χ2v) is 2.93. The maximum atomic E-state index is 11.7. The Morgan fingerprint density at radius 3 is 2.08 bits per heavy atom. The Hall–Kier alpha value is 0.0700. The SMILES string of the molecule is Cl.N[C@H]1CC[C@H](OC(F)F)CC1. The van der Waals surface area contributed by atoms with Gasteiger partial charge in [0, 0.05) is 6.04 Å². The number of halogens is 3. The first-order chi connectivity index (χ1) is 5.18. The number of hydrogen-bond donors (Lipinski definition) is 1. The molecule has 1 rings (SSSR count). The van der Waals surface area contributed by atoms with Crippen LogP contribution in [0.5, 0.6) is 0 Å². The van der Waals surface area contributed by atoms with E-state index >= 15 is 0 Å². The Labute approximate surface area is 76.9 Å². The van der Waals surface area contributed by atoms with Gasteiger partial charge in [0.2, 0.25) is 0 Å². The predicted molar refractivity (Wildman–Crippen MR) is 44.6 cm³/mol. The van der Waals surface area contributed by atoms with Crippen molar-refractivity contribution >= 4 is 12.4 Å². The van der Waals surface area contributed by atoms with Crippen LogP contribution in [0.4, 0.5) is 8.78 Å². The molecular formula is C7H14ClF2NO. The molecule has 0 atom stereocenters. The van der Waals surface area contributed by atoms with Crippen molar-refractivity contribution in [3.05, 3.63) is 0 Å². The largest absolute Gasteiger partial charge is 0.345 e. The Morgan fingerprint density at radius 1 is 1.17 bits per heavy atom. The van der Waals surface area contributed by atoms with Gasteiger partial charge in [-0.3, -0.25) is 0 Å². The minimum atomic E-state index is -2.63. The third-order valence-corrected chi connectivity index (χ3v) is 2.01. The van der Waals surface area contributed by atoms with Crippen molar-refractivity contribution in [3.63, 3.8) is 0 Å². The fourth-order valence-electron chi connectivity index (χ4n) is 1.37. The molecule has 1 aliphatic carbocycles. The van der Waals surface area contributed by atoms with E-state index in [2.05, 4.69) is 4.74 Å². The predicted octanol–water partition coefficient (Wildman–Crippen LogP) is 1.92. The summed E-state index contributed by atoms with van der Waals surface area (Å²) in [6, 6.07) is 0.188. The van der Waals surface area contributed by atoms with Crippen molar-refractivity contribution in [3.8, 4) is 0 Å². The molecule has 0 aliphatic heterocycles. The van der Waals surface area contributed by atoms with Crippen LogP contribution in [0.15, 0.2) is 0 Å². The Morgan fingerprint density at radius 2 is 1.67 bits per heavy atom. The molecule has 0 bridgehead atoms. The zero-order chi connectivity index (χ0) is 8.27. The van der Waals surface area contributed by atoms with Crippen LogP contribution in [-0.2, 0) is 4.74 Å². The normalized spacial score (nSPS) is 30.0. The summed E-state index contributed by atoms with van der Waals surface area (Å²) in [5, 5.41) is 0. The second-order valence-electron chi connectivity index (χ2n) is 2.93. The van der Waals surface area contributed by atoms with E-state index in [0.29, 0.717) is 12.8 Å². The number of rotatable bonds is 2. The minimum Gasteiger partial charge on any atom is -0.328 e. The fraction of sp³-hybridized carbons (Fsp3) is 1.00. The van der Waals surface area contributed by atoms with Gasteiger partial charge < -0.3 is 10.5 Å². The Balaban J connectivity index is 0.00000121. The maximum absolute atomic E-state index is 11.7. The molecule has 0 spiro atoms. The highest BCUT2D eigenvalue weighted by Crippen LogP contribution is 2.21. The number of hydrogen-bond acceptors (Lipinski definition) is 2. The highest BCUT2D eigenvalue weighted by atomic mass is 35.5. The molecule has 2 nitrogen and oxygen atoms in total. The van der Waals surface area contributed by atoms with E-state index in [-0.39, 0.29) is 24.6 Å². The van der Waals surface area contributed by atoms with Crippen LogP contribution in [0, 0.1) is 0 Å². The second kappa shape index (κ2) is 5.67. The van der Waals surface area contributed by atoms with Crippen LogP contribution in [-0.4, -0.2) is 18.8 Å². The van der Waals surface area contributed by atoms with Crippen LogP contribution in [0.25, 0.3) is 0 Å². The number of alkyl halides is 2. The van der Waals surface area contributed by atoms with Crippen LogP contribution in [0.3, 0.4) is 0 Å². The minimum absolute atomic E-state index is 0. The lowest BCUT2D eigenvalue weighted by Crippen LogP contribution is -2.31. The van der Waals surface area contributed by atoms with Crippen molar-refractivity contribution in [2.45, 2.75) is 44.4 Å². The van der Waals surface area contributed by atoms with E-state index in [1.54, 1.807) is 0 Å². The number of nitrogens with two attached hydrogens (primary N) is 1. The molecule has 2 N–H and O–H groups in total. The first kappa shape index (κ1) is 12.1. The molecule has 0 aromatic carbocycles. The van der Waals surface area contributed by atoms with Crippen molar-refractivity contribution in [2.24, 2.45) is 5.73 Å². The van der Waals surface area contributed by atoms with Crippen LogP contribution >= 0.6 is 12.4 Å².